The maximum Gasteiger partial charge on any atom is 0.211 e. The monoisotopic (exact) mass is 393 g/mol. The molecule has 0 aliphatic carbocycles. The molecule has 0 radical (unpaired) electrons. The zero-order valence-corrected chi connectivity index (χ0v) is 16.4. The molecule has 0 atom stereocenters. The van der Waals surface area contributed by atoms with Crippen molar-refractivity contribution < 1.29 is 9.53 Å². The predicted molar refractivity (Wildman–Crippen MR) is 113 cm³/mol. The van der Waals surface area contributed by atoms with E-state index in [1.807, 2.05) is 36.5 Å². The summed E-state index contributed by atoms with van der Waals surface area (Å²) < 4.78 is 8.51. The minimum absolute atomic E-state index is 0.242. The normalized spacial score (nSPS) is 15.6. The van der Waals surface area contributed by atoms with Gasteiger partial charge in [-0.3, -0.25) is 9.78 Å². The Bertz CT molecular complexity index is 936. The fourth-order valence-electron chi connectivity index (χ4n) is 3.44. The summed E-state index contributed by atoms with van der Waals surface area (Å²) in [6.07, 6.45) is 4.79. The fraction of sp³-hybridized carbons (Fsp3) is 0.273. The molecule has 1 aliphatic rings. The Labute approximate surface area is 169 Å². The molecule has 2 heterocycles. The number of nitrogens with zero attached hydrogens (tertiary/aromatic N) is 2. The van der Waals surface area contributed by atoms with Gasteiger partial charge >= 0.3 is 0 Å². The van der Waals surface area contributed by atoms with Gasteiger partial charge in [-0.2, -0.15) is 0 Å². The van der Waals surface area contributed by atoms with Crippen LogP contribution < -0.4 is 5.32 Å². The molecule has 0 saturated carbocycles. The number of rotatable bonds is 7. The molecule has 1 aliphatic heterocycles. The number of fused-ring (bicyclic) bond motifs is 1. The Morgan fingerprint density at radius 2 is 1.93 bits per heavy atom. The first-order chi connectivity index (χ1) is 13.8. The quantitative estimate of drug-likeness (QED) is 0.473. The molecule has 0 spiro atoms. The van der Waals surface area contributed by atoms with Gasteiger partial charge < -0.3 is 10.1 Å². The van der Waals surface area contributed by atoms with Crippen molar-refractivity contribution in [2.75, 3.05) is 18.4 Å². The summed E-state index contributed by atoms with van der Waals surface area (Å²) in [6, 6.07) is 18.2. The van der Waals surface area contributed by atoms with Gasteiger partial charge in [0.25, 0.3) is 0 Å². The molecule has 4 rings (SSSR count). The van der Waals surface area contributed by atoms with E-state index in [-0.39, 0.29) is 6.10 Å². The molecule has 3 aromatic rings. The van der Waals surface area contributed by atoms with Crippen LogP contribution >= 0.6 is 11.9 Å². The fourth-order valence-corrected chi connectivity index (χ4v) is 4.51. The van der Waals surface area contributed by atoms with Crippen LogP contribution in [-0.2, 0) is 16.1 Å². The van der Waals surface area contributed by atoms with Crippen molar-refractivity contribution in [3.8, 4) is 0 Å². The zero-order chi connectivity index (χ0) is 19.2. The summed E-state index contributed by atoms with van der Waals surface area (Å²) in [5.74, 6) is 0. The number of pyridine rings is 1. The summed E-state index contributed by atoms with van der Waals surface area (Å²) in [5, 5.41) is 3.91. The van der Waals surface area contributed by atoms with Crippen LogP contribution in [0.25, 0.3) is 10.9 Å². The lowest BCUT2D eigenvalue weighted by molar-refractivity contribution is -0.105. The Kier molecular flexibility index (Phi) is 6.21. The molecular formula is C22H23N3O2S. The number of carbonyl (C=O) groups is 1. The van der Waals surface area contributed by atoms with Gasteiger partial charge in [-0.25, -0.2) is 4.31 Å². The largest absolute Gasteiger partial charge is 0.373 e. The lowest BCUT2D eigenvalue weighted by Gasteiger charge is -2.31. The molecule has 1 aromatic heterocycles. The first-order valence-corrected chi connectivity index (χ1v) is 10.3. The lowest BCUT2D eigenvalue weighted by atomic mass is 10.1. The van der Waals surface area contributed by atoms with E-state index in [0.29, 0.717) is 13.0 Å². The minimum atomic E-state index is 0.242. The zero-order valence-electron chi connectivity index (χ0n) is 15.6. The van der Waals surface area contributed by atoms with Crippen molar-refractivity contribution in [1.29, 1.82) is 0 Å². The van der Waals surface area contributed by atoms with Gasteiger partial charge in [-0.05, 0) is 43.0 Å². The van der Waals surface area contributed by atoms with Crippen LogP contribution in [0.5, 0.6) is 0 Å². The number of hydrogen-bond acceptors (Lipinski definition) is 5. The molecule has 1 N–H and O–H groups in total. The van der Waals surface area contributed by atoms with Gasteiger partial charge in [0.1, 0.15) is 0 Å². The molecule has 5 nitrogen and oxygen atoms in total. The predicted octanol–water partition coefficient (Wildman–Crippen LogP) is 4.49. The second kappa shape index (κ2) is 9.19. The molecule has 144 valence electrons. The first kappa shape index (κ1) is 18.9. The maximum absolute atomic E-state index is 10.7. The molecule has 0 unspecified atom stereocenters. The van der Waals surface area contributed by atoms with Crippen LogP contribution in [0.4, 0.5) is 5.69 Å². The summed E-state index contributed by atoms with van der Waals surface area (Å²) in [7, 11) is 0. The number of amides is 1. The first-order valence-electron chi connectivity index (χ1n) is 9.50. The van der Waals surface area contributed by atoms with E-state index in [1.165, 1.54) is 10.3 Å². The van der Waals surface area contributed by atoms with Crippen molar-refractivity contribution in [3.63, 3.8) is 0 Å². The van der Waals surface area contributed by atoms with E-state index in [0.717, 1.165) is 42.7 Å². The Morgan fingerprint density at radius 3 is 2.79 bits per heavy atom. The smallest absolute Gasteiger partial charge is 0.211 e. The molecule has 1 saturated heterocycles. The summed E-state index contributed by atoms with van der Waals surface area (Å²) in [5.41, 5.74) is 2.88. The number of carbonyl (C=O) groups excluding carboxylic acids is 1. The third-order valence-electron chi connectivity index (χ3n) is 4.93. The van der Waals surface area contributed by atoms with E-state index in [1.54, 1.807) is 11.9 Å². The lowest BCUT2D eigenvalue weighted by Crippen LogP contribution is -2.32. The van der Waals surface area contributed by atoms with Crippen LogP contribution in [-0.4, -0.2) is 34.9 Å². The number of nitrogens with one attached hydrogen (secondary N) is 1. The van der Waals surface area contributed by atoms with Gasteiger partial charge in [-0.15, -0.1) is 0 Å². The van der Waals surface area contributed by atoms with E-state index in [4.69, 9.17) is 4.74 Å². The van der Waals surface area contributed by atoms with Crippen LogP contribution in [0, 0.1) is 0 Å². The number of benzene rings is 2. The van der Waals surface area contributed by atoms with Gasteiger partial charge in [0.15, 0.2) is 0 Å². The molecule has 1 fully saturated rings. The average Bonchev–Trinajstić information content (AvgIpc) is 2.75. The summed E-state index contributed by atoms with van der Waals surface area (Å²) in [4.78, 5) is 16.5. The minimum Gasteiger partial charge on any atom is -0.373 e. The number of para-hydroxylation sites is 2. The van der Waals surface area contributed by atoms with Crippen LogP contribution in [0.15, 0.2) is 65.7 Å². The maximum atomic E-state index is 10.7. The molecule has 1 amide bonds. The Balaban J connectivity index is 1.31. The van der Waals surface area contributed by atoms with Crippen LogP contribution in [0.1, 0.15) is 18.4 Å². The van der Waals surface area contributed by atoms with E-state index >= 15 is 0 Å². The number of anilines is 1. The Morgan fingerprint density at radius 1 is 1.11 bits per heavy atom. The van der Waals surface area contributed by atoms with Crippen molar-refractivity contribution >= 4 is 34.9 Å². The second-order valence-corrected chi connectivity index (χ2v) is 7.92. The van der Waals surface area contributed by atoms with Gasteiger partial charge in [0.05, 0.1) is 18.2 Å². The van der Waals surface area contributed by atoms with E-state index in [9.17, 15) is 4.79 Å². The van der Waals surface area contributed by atoms with Crippen molar-refractivity contribution in [1.82, 2.24) is 9.29 Å². The van der Waals surface area contributed by atoms with E-state index in [2.05, 4.69) is 38.9 Å². The van der Waals surface area contributed by atoms with Crippen molar-refractivity contribution in [3.05, 3.63) is 66.4 Å². The summed E-state index contributed by atoms with van der Waals surface area (Å²) in [6.45, 7) is 2.47. The molecule has 0 bridgehead atoms. The van der Waals surface area contributed by atoms with Crippen molar-refractivity contribution in [2.24, 2.45) is 0 Å². The highest BCUT2D eigenvalue weighted by Gasteiger charge is 2.21. The van der Waals surface area contributed by atoms with Crippen molar-refractivity contribution in [2.45, 2.75) is 30.4 Å². The second-order valence-electron chi connectivity index (χ2n) is 6.78. The average molecular weight is 394 g/mol. The molecule has 28 heavy (non-hydrogen) atoms. The highest BCUT2D eigenvalue weighted by atomic mass is 32.2. The third kappa shape index (κ3) is 4.52. The van der Waals surface area contributed by atoms with Gasteiger partial charge in [0, 0.05) is 40.8 Å². The summed E-state index contributed by atoms with van der Waals surface area (Å²) >= 11 is 1.79. The standard InChI is InChI=1S/C22H23N3O2S/c26-16-24-20-8-2-1-5-18(20)15-27-19-10-13-25(14-11-19)28-21-9-3-6-17-7-4-12-23-22(17)21/h1-9,12,16,19H,10-11,13-15H2,(H,24,26). The SMILES string of the molecule is O=CNc1ccccc1COC1CCN(Sc2cccc3cccnc23)CC1. The third-order valence-corrected chi connectivity index (χ3v) is 6.08. The Hall–Kier alpha value is -2.41. The number of piperidine rings is 1. The van der Waals surface area contributed by atoms with Crippen LogP contribution in [0.2, 0.25) is 0 Å². The number of aromatic nitrogens is 1. The van der Waals surface area contributed by atoms with Crippen LogP contribution in [0.3, 0.4) is 0 Å². The van der Waals surface area contributed by atoms with Gasteiger partial charge in [-0.1, -0.05) is 36.4 Å². The highest BCUT2D eigenvalue weighted by Crippen LogP contribution is 2.31. The number of ether oxygens (including phenoxy) is 1. The van der Waals surface area contributed by atoms with E-state index < -0.39 is 0 Å². The molecule has 2 aromatic carbocycles. The highest BCUT2D eigenvalue weighted by molar-refractivity contribution is 7.97. The molecular weight excluding hydrogens is 370 g/mol. The topological polar surface area (TPSA) is 54.5 Å². The molecule has 6 heteroatoms. The number of hydrogen-bond donors (Lipinski definition) is 1. The van der Waals surface area contributed by atoms with Gasteiger partial charge in [0.2, 0.25) is 6.41 Å².